The van der Waals surface area contributed by atoms with Gasteiger partial charge in [-0.05, 0) is 35.0 Å². The lowest BCUT2D eigenvalue weighted by Crippen LogP contribution is -2.43. The van der Waals surface area contributed by atoms with E-state index in [0.29, 0.717) is 29.4 Å². The molecule has 10 nitrogen and oxygen atoms in total. The van der Waals surface area contributed by atoms with E-state index in [-0.39, 0.29) is 6.61 Å². The number of nitrogens with zero attached hydrogens (tertiary/aromatic N) is 4. The molecule has 10 heteroatoms. The van der Waals surface area contributed by atoms with Crippen LogP contribution in [-0.4, -0.2) is 45.7 Å². The van der Waals surface area contributed by atoms with Crippen LogP contribution in [0.3, 0.4) is 0 Å². The lowest BCUT2D eigenvalue weighted by molar-refractivity contribution is -0.123. The number of methoxy groups -OCH3 is 1. The first-order valence-electron chi connectivity index (χ1n) is 10.4. The molecule has 0 atom stereocenters. The minimum Gasteiger partial charge on any atom is -0.493 e. The van der Waals surface area contributed by atoms with Crippen LogP contribution in [0, 0.1) is 0 Å². The molecule has 3 aromatic carbocycles. The maximum Gasteiger partial charge on any atom is 0.276 e. The highest BCUT2D eigenvalue weighted by molar-refractivity contribution is 5.95. The Morgan fingerprint density at radius 1 is 0.882 bits per heavy atom. The Bertz CT molecular complexity index is 1260. The third kappa shape index (κ3) is 5.74. The fraction of sp³-hybridized carbons (Fsp3) is 0.125. The summed E-state index contributed by atoms with van der Waals surface area (Å²) in [5.74, 6) is 0.517. The van der Waals surface area contributed by atoms with Crippen molar-refractivity contribution in [1.82, 2.24) is 31.1 Å². The van der Waals surface area contributed by atoms with Gasteiger partial charge < -0.3 is 9.47 Å². The van der Waals surface area contributed by atoms with E-state index in [0.717, 1.165) is 11.1 Å². The summed E-state index contributed by atoms with van der Waals surface area (Å²) >= 11 is 0. The highest BCUT2D eigenvalue weighted by Crippen LogP contribution is 2.25. The summed E-state index contributed by atoms with van der Waals surface area (Å²) in [6, 6.07) is 23.4. The number of para-hydroxylation sites is 2. The lowest BCUT2D eigenvalue weighted by atomic mass is 10.1. The zero-order valence-electron chi connectivity index (χ0n) is 18.3. The summed E-state index contributed by atoms with van der Waals surface area (Å²) in [5, 5.41) is 12.5. The summed E-state index contributed by atoms with van der Waals surface area (Å²) in [4.78, 5) is 25.8. The molecule has 0 unspecified atom stereocenters. The van der Waals surface area contributed by atoms with E-state index in [2.05, 4.69) is 26.3 Å². The molecule has 0 saturated heterocycles. The van der Waals surface area contributed by atoms with E-state index in [1.165, 1.54) is 11.9 Å². The van der Waals surface area contributed by atoms with Crippen LogP contribution < -0.4 is 20.3 Å². The Kier molecular flexibility index (Phi) is 7.09. The third-order valence-corrected chi connectivity index (χ3v) is 4.77. The van der Waals surface area contributed by atoms with Gasteiger partial charge in [-0.25, -0.2) is 0 Å². The molecule has 0 bridgehead atoms. The largest absolute Gasteiger partial charge is 0.493 e. The smallest absolute Gasteiger partial charge is 0.276 e. The summed E-state index contributed by atoms with van der Waals surface area (Å²) in [6.07, 6.45) is 0. The van der Waals surface area contributed by atoms with Gasteiger partial charge in [-0.3, -0.25) is 20.4 Å². The number of nitrogens with one attached hydrogen (secondary N) is 2. The molecule has 1 aromatic heterocycles. The second-order valence-electron chi connectivity index (χ2n) is 7.15. The molecule has 0 aliphatic heterocycles. The molecule has 2 amide bonds. The van der Waals surface area contributed by atoms with Gasteiger partial charge in [-0.15, -0.1) is 10.2 Å². The van der Waals surface area contributed by atoms with Gasteiger partial charge in [-0.1, -0.05) is 54.6 Å². The van der Waals surface area contributed by atoms with Gasteiger partial charge in [0.25, 0.3) is 11.8 Å². The molecule has 0 fully saturated rings. The molecule has 2 N–H and O–H groups in total. The normalized spacial score (nSPS) is 10.4. The van der Waals surface area contributed by atoms with Crippen LogP contribution >= 0.6 is 0 Å². The van der Waals surface area contributed by atoms with Crippen LogP contribution in [0.15, 0.2) is 78.9 Å². The van der Waals surface area contributed by atoms with Crippen molar-refractivity contribution in [2.75, 3.05) is 13.7 Å². The number of hydrogen-bond acceptors (Lipinski definition) is 7. The van der Waals surface area contributed by atoms with E-state index < -0.39 is 11.8 Å². The van der Waals surface area contributed by atoms with Crippen LogP contribution in [-0.2, 0) is 11.3 Å². The van der Waals surface area contributed by atoms with Crippen LogP contribution in [0.2, 0.25) is 0 Å². The zero-order chi connectivity index (χ0) is 23.8. The van der Waals surface area contributed by atoms with Gasteiger partial charge in [0.05, 0.1) is 13.7 Å². The predicted molar refractivity (Wildman–Crippen MR) is 123 cm³/mol. The van der Waals surface area contributed by atoms with Crippen LogP contribution in [0.25, 0.3) is 11.4 Å². The summed E-state index contributed by atoms with van der Waals surface area (Å²) in [7, 11) is 1.51. The van der Waals surface area contributed by atoms with E-state index in [1.807, 2.05) is 30.3 Å². The molecule has 4 rings (SSSR count). The lowest BCUT2D eigenvalue weighted by Gasteiger charge is -2.11. The highest BCUT2D eigenvalue weighted by Gasteiger charge is 2.11. The second kappa shape index (κ2) is 10.7. The predicted octanol–water partition coefficient (Wildman–Crippen LogP) is 2.24. The van der Waals surface area contributed by atoms with Crippen molar-refractivity contribution in [3.63, 3.8) is 0 Å². The fourth-order valence-electron chi connectivity index (χ4n) is 3.05. The summed E-state index contributed by atoms with van der Waals surface area (Å²) < 4.78 is 10.6. The van der Waals surface area contributed by atoms with Crippen molar-refractivity contribution in [3.8, 4) is 22.9 Å². The van der Waals surface area contributed by atoms with Crippen molar-refractivity contribution < 1.29 is 19.1 Å². The SMILES string of the molecule is COc1ccccc1OCC(=O)NNC(=O)c1ccc(Cn2nnc(-c3ccccc3)n2)cc1. The number of ether oxygens (including phenoxy) is 2. The first-order chi connectivity index (χ1) is 16.6. The minimum atomic E-state index is -0.512. The number of amides is 2. The monoisotopic (exact) mass is 458 g/mol. The number of carbonyl (C=O) groups excluding carboxylic acids is 2. The maximum absolute atomic E-state index is 12.3. The van der Waals surface area contributed by atoms with Crippen molar-refractivity contribution in [2.45, 2.75) is 6.54 Å². The van der Waals surface area contributed by atoms with Gasteiger partial charge in [0.2, 0.25) is 5.82 Å². The molecule has 0 radical (unpaired) electrons. The van der Waals surface area contributed by atoms with E-state index >= 15 is 0 Å². The molecule has 172 valence electrons. The molecule has 0 aliphatic rings. The first kappa shape index (κ1) is 22.5. The average Bonchev–Trinajstić information content (AvgIpc) is 3.35. The number of hydrogen-bond donors (Lipinski definition) is 2. The van der Waals surface area contributed by atoms with E-state index in [9.17, 15) is 9.59 Å². The highest BCUT2D eigenvalue weighted by atomic mass is 16.5. The van der Waals surface area contributed by atoms with Gasteiger partial charge in [-0.2, -0.15) is 4.80 Å². The number of rotatable bonds is 8. The fourth-order valence-corrected chi connectivity index (χ4v) is 3.05. The molecular formula is C24H22N6O4. The Hall–Kier alpha value is -4.73. The van der Waals surface area contributed by atoms with E-state index in [1.54, 1.807) is 48.5 Å². The summed E-state index contributed by atoms with van der Waals surface area (Å²) in [5.41, 5.74) is 6.85. The number of benzene rings is 3. The second-order valence-corrected chi connectivity index (χ2v) is 7.15. The van der Waals surface area contributed by atoms with Gasteiger partial charge in [0.1, 0.15) is 0 Å². The quantitative estimate of drug-likeness (QED) is 0.389. The van der Waals surface area contributed by atoms with Crippen molar-refractivity contribution in [3.05, 3.63) is 90.0 Å². The molecule has 0 spiro atoms. The Labute approximate surface area is 195 Å². The summed E-state index contributed by atoms with van der Waals surface area (Å²) in [6.45, 7) is 0.119. The van der Waals surface area contributed by atoms with Gasteiger partial charge in [0.15, 0.2) is 18.1 Å². The molecule has 1 heterocycles. The Morgan fingerprint density at radius 2 is 1.59 bits per heavy atom. The number of carbonyl (C=O) groups is 2. The van der Waals surface area contributed by atoms with Crippen molar-refractivity contribution in [1.29, 1.82) is 0 Å². The first-order valence-corrected chi connectivity index (χ1v) is 10.4. The number of aromatic nitrogens is 4. The van der Waals surface area contributed by atoms with Crippen LogP contribution in [0.5, 0.6) is 11.5 Å². The average molecular weight is 458 g/mol. The maximum atomic E-state index is 12.3. The van der Waals surface area contributed by atoms with Crippen LogP contribution in [0.4, 0.5) is 0 Å². The number of hydrazine groups is 1. The molecule has 4 aromatic rings. The van der Waals surface area contributed by atoms with Crippen molar-refractivity contribution >= 4 is 11.8 Å². The Morgan fingerprint density at radius 3 is 2.32 bits per heavy atom. The van der Waals surface area contributed by atoms with Gasteiger partial charge >= 0.3 is 0 Å². The third-order valence-electron chi connectivity index (χ3n) is 4.77. The zero-order valence-corrected chi connectivity index (χ0v) is 18.3. The van der Waals surface area contributed by atoms with Crippen molar-refractivity contribution in [2.24, 2.45) is 0 Å². The topological polar surface area (TPSA) is 120 Å². The molecule has 0 aliphatic carbocycles. The molecule has 34 heavy (non-hydrogen) atoms. The minimum absolute atomic E-state index is 0.282. The van der Waals surface area contributed by atoms with Crippen LogP contribution in [0.1, 0.15) is 15.9 Å². The standard InChI is InChI=1S/C24H22N6O4/c1-33-20-9-5-6-10-21(20)34-16-22(31)25-27-24(32)19-13-11-17(12-14-19)15-30-28-23(26-29-30)18-7-3-2-4-8-18/h2-14H,15-16H2,1H3,(H,25,31)(H,27,32). The number of tetrazole rings is 1. The molecule has 0 saturated carbocycles. The Balaban J connectivity index is 1.26. The molecular weight excluding hydrogens is 436 g/mol. The van der Waals surface area contributed by atoms with E-state index in [4.69, 9.17) is 9.47 Å². The van der Waals surface area contributed by atoms with Gasteiger partial charge in [0, 0.05) is 11.1 Å².